The van der Waals surface area contributed by atoms with Gasteiger partial charge in [0.25, 0.3) is 0 Å². The summed E-state index contributed by atoms with van der Waals surface area (Å²) in [5.74, 6) is 0.747. The lowest BCUT2D eigenvalue weighted by atomic mass is 10.0. The van der Waals surface area contributed by atoms with Crippen LogP contribution in [0.25, 0.3) is 0 Å². The Morgan fingerprint density at radius 3 is 2.44 bits per heavy atom. The van der Waals surface area contributed by atoms with Gasteiger partial charge in [0.1, 0.15) is 6.54 Å². The molecule has 9 heteroatoms. The summed E-state index contributed by atoms with van der Waals surface area (Å²) in [6, 6.07) is 11.0. The van der Waals surface area contributed by atoms with Gasteiger partial charge in [-0.05, 0) is 18.4 Å². The second-order valence-electron chi connectivity index (χ2n) is 8.51. The van der Waals surface area contributed by atoms with Crippen LogP contribution >= 0.6 is 24.0 Å². The third-order valence-corrected chi connectivity index (χ3v) is 5.87. The second-order valence-corrected chi connectivity index (χ2v) is 8.51. The molecule has 0 saturated carbocycles. The number of halogens is 1. The largest absolute Gasteiger partial charge is 0.379 e. The molecule has 8 nitrogen and oxygen atoms in total. The van der Waals surface area contributed by atoms with Crippen molar-refractivity contribution in [2.75, 3.05) is 73.1 Å². The zero-order valence-corrected chi connectivity index (χ0v) is 21.8. The van der Waals surface area contributed by atoms with E-state index in [-0.39, 0.29) is 36.4 Å². The van der Waals surface area contributed by atoms with Gasteiger partial charge in [-0.15, -0.1) is 24.0 Å². The highest BCUT2D eigenvalue weighted by Gasteiger charge is 2.20. The predicted molar refractivity (Wildman–Crippen MR) is 140 cm³/mol. The molecule has 0 spiro atoms. The molecule has 2 saturated heterocycles. The molecule has 1 amide bonds. The molecule has 1 aromatic rings. The maximum Gasteiger partial charge on any atom is 0.243 e. The molecule has 2 heterocycles. The highest BCUT2D eigenvalue weighted by Crippen LogP contribution is 2.13. The van der Waals surface area contributed by atoms with Crippen LogP contribution in [0.2, 0.25) is 0 Å². The van der Waals surface area contributed by atoms with Gasteiger partial charge in [-0.2, -0.15) is 0 Å². The number of benzene rings is 1. The van der Waals surface area contributed by atoms with Gasteiger partial charge in [0.2, 0.25) is 5.91 Å². The van der Waals surface area contributed by atoms with Gasteiger partial charge in [-0.25, -0.2) is 4.99 Å². The lowest BCUT2D eigenvalue weighted by molar-refractivity contribution is -0.127. The van der Waals surface area contributed by atoms with Crippen LogP contribution in [0.3, 0.4) is 0 Å². The van der Waals surface area contributed by atoms with Gasteiger partial charge >= 0.3 is 0 Å². The minimum atomic E-state index is 0. The summed E-state index contributed by atoms with van der Waals surface area (Å²) in [4.78, 5) is 23.0. The topological polar surface area (TPSA) is 72.4 Å². The van der Waals surface area contributed by atoms with E-state index in [1.807, 2.05) is 0 Å². The van der Waals surface area contributed by atoms with Crippen molar-refractivity contribution in [2.45, 2.75) is 25.4 Å². The molecular formula is C23H39IN6O2. The number of aliphatic imine (C=N–C) groups is 1. The molecule has 0 atom stereocenters. The lowest BCUT2D eigenvalue weighted by Gasteiger charge is -2.33. The summed E-state index contributed by atoms with van der Waals surface area (Å²) in [6.45, 7) is 8.58. The van der Waals surface area contributed by atoms with Crippen molar-refractivity contribution in [1.29, 1.82) is 0 Å². The Morgan fingerprint density at radius 2 is 1.78 bits per heavy atom. The number of piperidine rings is 1. The van der Waals surface area contributed by atoms with Crippen molar-refractivity contribution < 1.29 is 9.53 Å². The Labute approximate surface area is 209 Å². The summed E-state index contributed by atoms with van der Waals surface area (Å²) in [7, 11) is 3.53. The predicted octanol–water partition coefficient (Wildman–Crippen LogP) is 1.22. The zero-order valence-electron chi connectivity index (χ0n) is 19.5. The molecule has 0 aromatic heterocycles. The number of ether oxygens (including phenoxy) is 1. The molecule has 2 aliphatic rings. The summed E-state index contributed by atoms with van der Waals surface area (Å²) in [5, 5.41) is 7.00. The van der Waals surface area contributed by atoms with Crippen LogP contribution in [0.15, 0.2) is 35.3 Å². The van der Waals surface area contributed by atoms with Crippen molar-refractivity contribution >= 4 is 35.8 Å². The molecular weight excluding hydrogens is 519 g/mol. The minimum absolute atomic E-state index is 0. The van der Waals surface area contributed by atoms with E-state index >= 15 is 0 Å². The average molecular weight is 559 g/mol. The van der Waals surface area contributed by atoms with E-state index in [4.69, 9.17) is 4.74 Å². The van der Waals surface area contributed by atoms with Crippen LogP contribution in [-0.2, 0) is 16.1 Å². The fourth-order valence-corrected chi connectivity index (χ4v) is 3.87. The third-order valence-electron chi connectivity index (χ3n) is 5.87. The summed E-state index contributed by atoms with van der Waals surface area (Å²) < 4.78 is 5.42. The maximum absolute atomic E-state index is 12.0. The number of hydrogen-bond acceptors (Lipinski definition) is 5. The Hall–Kier alpha value is -1.43. The van der Waals surface area contributed by atoms with E-state index < -0.39 is 0 Å². The van der Waals surface area contributed by atoms with Gasteiger partial charge in [0.15, 0.2) is 5.96 Å². The maximum atomic E-state index is 12.0. The Morgan fingerprint density at radius 1 is 1.09 bits per heavy atom. The number of amides is 1. The van der Waals surface area contributed by atoms with Crippen molar-refractivity contribution in [3.05, 3.63) is 35.9 Å². The highest BCUT2D eigenvalue weighted by molar-refractivity contribution is 14.0. The summed E-state index contributed by atoms with van der Waals surface area (Å²) in [6.07, 6.45) is 2.14. The molecule has 2 fully saturated rings. The first kappa shape index (κ1) is 26.8. The molecule has 3 rings (SSSR count). The molecule has 2 N–H and O–H groups in total. The van der Waals surface area contributed by atoms with Gasteiger partial charge in [0, 0.05) is 66.0 Å². The SMILES string of the molecule is CN(C)C(=O)CN=C(NCCN1CCOCC1)NC1CCN(Cc2ccccc2)CC1.I. The molecule has 2 aliphatic heterocycles. The Kier molecular flexibility index (Phi) is 12.3. The molecule has 0 aliphatic carbocycles. The Balaban J connectivity index is 0.00000363. The number of rotatable bonds is 8. The van der Waals surface area contributed by atoms with Gasteiger partial charge in [-0.1, -0.05) is 30.3 Å². The number of nitrogens with one attached hydrogen (secondary N) is 2. The number of likely N-dealkylation sites (N-methyl/N-ethyl adjacent to an activating group) is 1. The van der Waals surface area contributed by atoms with E-state index in [1.54, 1.807) is 19.0 Å². The van der Waals surface area contributed by atoms with Crippen LogP contribution in [-0.4, -0.2) is 106 Å². The first-order chi connectivity index (χ1) is 15.1. The zero-order chi connectivity index (χ0) is 21.9. The molecule has 32 heavy (non-hydrogen) atoms. The molecule has 1 aromatic carbocycles. The smallest absolute Gasteiger partial charge is 0.243 e. The van der Waals surface area contributed by atoms with E-state index in [2.05, 4.69) is 55.8 Å². The van der Waals surface area contributed by atoms with Crippen LogP contribution in [0.1, 0.15) is 18.4 Å². The molecule has 180 valence electrons. The van der Waals surface area contributed by atoms with Gasteiger partial charge < -0.3 is 20.3 Å². The second kappa shape index (κ2) is 14.7. The van der Waals surface area contributed by atoms with Gasteiger partial charge in [-0.3, -0.25) is 14.6 Å². The van der Waals surface area contributed by atoms with Crippen molar-refractivity contribution in [1.82, 2.24) is 25.3 Å². The number of carbonyl (C=O) groups excluding carboxylic acids is 1. The van der Waals surface area contributed by atoms with Crippen LogP contribution in [0.5, 0.6) is 0 Å². The number of guanidine groups is 1. The van der Waals surface area contributed by atoms with Crippen LogP contribution < -0.4 is 10.6 Å². The first-order valence-electron chi connectivity index (χ1n) is 11.4. The monoisotopic (exact) mass is 558 g/mol. The van der Waals surface area contributed by atoms with Crippen molar-refractivity contribution in [2.24, 2.45) is 4.99 Å². The van der Waals surface area contributed by atoms with Crippen LogP contribution in [0, 0.1) is 0 Å². The quantitative estimate of drug-likeness (QED) is 0.284. The number of nitrogens with zero attached hydrogens (tertiary/aromatic N) is 4. The number of carbonyl (C=O) groups is 1. The summed E-state index contributed by atoms with van der Waals surface area (Å²) >= 11 is 0. The number of likely N-dealkylation sites (tertiary alicyclic amines) is 1. The number of hydrogen-bond donors (Lipinski definition) is 2. The van der Waals surface area contributed by atoms with E-state index in [0.717, 1.165) is 77.8 Å². The highest BCUT2D eigenvalue weighted by atomic mass is 127. The van der Waals surface area contributed by atoms with E-state index in [9.17, 15) is 4.79 Å². The van der Waals surface area contributed by atoms with Crippen molar-refractivity contribution in [3.63, 3.8) is 0 Å². The molecule has 0 radical (unpaired) electrons. The van der Waals surface area contributed by atoms with E-state index in [1.165, 1.54) is 5.56 Å². The fourth-order valence-electron chi connectivity index (χ4n) is 3.87. The standard InChI is InChI=1S/C23H38N6O2.HI/c1-27(2)22(30)18-25-23(24-10-13-28-14-16-31-17-15-28)26-21-8-11-29(12-9-21)19-20-6-4-3-5-7-20;/h3-7,21H,8-19H2,1-2H3,(H2,24,25,26);1H. The molecule has 0 bridgehead atoms. The van der Waals surface area contributed by atoms with Crippen LogP contribution in [0.4, 0.5) is 0 Å². The lowest BCUT2D eigenvalue weighted by Crippen LogP contribution is -2.50. The van der Waals surface area contributed by atoms with E-state index in [0.29, 0.717) is 6.04 Å². The third kappa shape index (κ3) is 9.60. The Bertz CT molecular complexity index is 689. The average Bonchev–Trinajstić information content (AvgIpc) is 2.79. The number of morpholine rings is 1. The van der Waals surface area contributed by atoms with Gasteiger partial charge in [0.05, 0.1) is 13.2 Å². The summed E-state index contributed by atoms with van der Waals surface area (Å²) in [5.41, 5.74) is 1.36. The normalized spacial score (nSPS) is 18.6. The molecule has 0 unspecified atom stereocenters. The first-order valence-corrected chi connectivity index (χ1v) is 11.4. The van der Waals surface area contributed by atoms with Crippen molar-refractivity contribution in [3.8, 4) is 0 Å². The fraction of sp³-hybridized carbons (Fsp3) is 0.652. The minimum Gasteiger partial charge on any atom is -0.379 e.